The van der Waals surface area contributed by atoms with Crippen molar-refractivity contribution in [3.63, 3.8) is 0 Å². The predicted molar refractivity (Wildman–Crippen MR) is 105 cm³/mol. The third-order valence-electron chi connectivity index (χ3n) is 4.39. The molecule has 148 valence electrons. The van der Waals surface area contributed by atoms with Gasteiger partial charge >= 0.3 is 5.69 Å². The van der Waals surface area contributed by atoms with Gasteiger partial charge in [0.15, 0.2) is 11.5 Å². The molecule has 0 saturated heterocycles. The third kappa shape index (κ3) is 5.64. The fraction of sp³-hybridized carbons (Fsp3) is 0.500. The summed E-state index contributed by atoms with van der Waals surface area (Å²) in [6, 6.07) is 5.83. The number of aromatic nitrogens is 2. The van der Waals surface area contributed by atoms with Gasteiger partial charge in [0.25, 0.3) is 0 Å². The lowest BCUT2D eigenvalue weighted by Gasteiger charge is -2.12. The highest BCUT2D eigenvalue weighted by Gasteiger charge is 2.09. The van der Waals surface area contributed by atoms with E-state index in [1.54, 1.807) is 4.57 Å². The van der Waals surface area contributed by atoms with Gasteiger partial charge in [0.05, 0.1) is 13.2 Å². The number of rotatable bonds is 10. The lowest BCUT2D eigenvalue weighted by molar-refractivity contribution is -0.121. The molecule has 27 heavy (non-hydrogen) atoms. The van der Waals surface area contributed by atoms with Crippen molar-refractivity contribution in [1.29, 1.82) is 0 Å². The lowest BCUT2D eigenvalue weighted by Crippen LogP contribution is -2.28. The number of nitrogens with one attached hydrogen (secondary N) is 2. The van der Waals surface area contributed by atoms with E-state index in [-0.39, 0.29) is 18.0 Å². The number of hydrogen-bond donors (Lipinski definition) is 2. The topological polar surface area (TPSA) is 85.4 Å². The maximum absolute atomic E-state index is 12.1. The van der Waals surface area contributed by atoms with Gasteiger partial charge in [-0.3, -0.25) is 9.36 Å². The highest BCUT2D eigenvalue weighted by Crippen LogP contribution is 2.28. The van der Waals surface area contributed by atoms with Crippen LogP contribution in [0.2, 0.25) is 0 Å². The summed E-state index contributed by atoms with van der Waals surface area (Å²) in [6.07, 6.45) is 0.964. The fourth-order valence-electron chi connectivity index (χ4n) is 2.84. The van der Waals surface area contributed by atoms with Crippen molar-refractivity contribution in [1.82, 2.24) is 14.9 Å². The summed E-state index contributed by atoms with van der Waals surface area (Å²) in [4.78, 5) is 26.6. The van der Waals surface area contributed by atoms with Crippen molar-refractivity contribution in [2.24, 2.45) is 0 Å². The van der Waals surface area contributed by atoms with Crippen LogP contribution in [0.25, 0.3) is 0 Å². The molecular weight excluding hydrogens is 346 g/mol. The van der Waals surface area contributed by atoms with Crippen LogP contribution in [0.3, 0.4) is 0 Å². The Morgan fingerprint density at radius 2 is 1.85 bits per heavy atom. The van der Waals surface area contributed by atoms with E-state index >= 15 is 0 Å². The van der Waals surface area contributed by atoms with Gasteiger partial charge in [0, 0.05) is 30.9 Å². The molecule has 2 N–H and O–H groups in total. The Morgan fingerprint density at radius 3 is 2.48 bits per heavy atom. The number of ether oxygens (including phenoxy) is 2. The van der Waals surface area contributed by atoms with E-state index in [1.165, 1.54) is 0 Å². The highest BCUT2D eigenvalue weighted by molar-refractivity contribution is 5.75. The molecule has 2 rings (SSSR count). The summed E-state index contributed by atoms with van der Waals surface area (Å²) >= 11 is 0. The predicted octanol–water partition coefficient (Wildman–Crippen LogP) is 2.34. The molecule has 0 aliphatic rings. The molecule has 0 aliphatic heterocycles. The highest BCUT2D eigenvalue weighted by atomic mass is 16.5. The molecule has 0 unspecified atom stereocenters. The maximum Gasteiger partial charge on any atom is 0.325 e. The molecule has 1 aromatic heterocycles. The molecule has 0 aliphatic carbocycles. The number of nitrogens with zero attached hydrogens (tertiary/aromatic N) is 1. The largest absolute Gasteiger partial charge is 0.490 e. The summed E-state index contributed by atoms with van der Waals surface area (Å²) < 4.78 is 12.8. The van der Waals surface area contributed by atoms with Gasteiger partial charge in [-0.15, -0.1) is 0 Å². The zero-order valence-electron chi connectivity index (χ0n) is 16.6. The van der Waals surface area contributed by atoms with Crippen molar-refractivity contribution in [2.75, 3.05) is 19.8 Å². The van der Waals surface area contributed by atoms with Gasteiger partial charge in [-0.05, 0) is 51.8 Å². The standard InChI is InChI=1S/C20H29N3O4/c1-5-26-17-8-7-16(13-18(17)27-6-2)9-11-21-19(24)10-12-23-15(4)14(3)22-20(23)25/h7-8,13H,5-6,9-12H2,1-4H3,(H,21,24)(H,22,25). The van der Waals surface area contributed by atoms with Gasteiger partial charge < -0.3 is 19.8 Å². The molecule has 0 fully saturated rings. The fourth-order valence-corrected chi connectivity index (χ4v) is 2.84. The van der Waals surface area contributed by atoms with E-state index in [4.69, 9.17) is 9.47 Å². The number of aromatic amines is 1. The first-order valence-corrected chi connectivity index (χ1v) is 9.37. The van der Waals surface area contributed by atoms with E-state index in [0.717, 1.165) is 28.5 Å². The Bertz CT molecular complexity index is 823. The van der Waals surface area contributed by atoms with Crippen LogP contribution in [-0.4, -0.2) is 35.2 Å². The van der Waals surface area contributed by atoms with E-state index in [1.807, 2.05) is 45.9 Å². The monoisotopic (exact) mass is 375 g/mol. The zero-order valence-corrected chi connectivity index (χ0v) is 16.6. The smallest absolute Gasteiger partial charge is 0.325 e. The van der Waals surface area contributed by atoms with Crippen molar-refractivity contribution < 1.29 is 14.3 Å². The van der Waals surface area contributed by atoms with Crippen molar-refractivity contribution >= 4 is 5.91 Å². The van der Waals surface area contributed by atoms with Crippen LogP contribution >= 0.6 is 0 Å². The number of aryl methyl sites for hydroxylation is 1. The second-order valence-corrected chi connectivity index (χ2v) is 6.29. The molecule has 0 atom stereocenters. The number of carbonyl (C=O) groups excluding carboxylic acids is 1. The maximum atomic E-state index is 12.1. The van der Waals surface area contributed by atoms with Crippen LogP contribution in [0.1, 0.15) is 37.2 Å². The molecule has 0 bridgehead atoms. The Labute approximate surface area is 159 Å². The number of imidazole rings is 1. The zero-order chi connectivity index (χ0) is 19.8. The lowest BCUT2D eigenvalue weighted by atomic mass is 10.1. The second-order valence-electron chi connectivity index (χ2n) is 6.29. The van der Waals surface area contributed by atoms with Crippen LogP contribution in [-0.2, 0) is 17.8 Å². The van der Waals surface area contributed by atoms with E-state index < -0.39 is 0 Å². The number of amides is 1. The summed E-state index contributed by atoms with van der Waals surface area (Å²) in [6.45, 7) is 9.63. The number of benzene rings is 1. The Morgan fingerprint density at radius 1 is 1.15 bits per heavy atom. The molecule has 1 heterocycles. The molecule has 1 aromatic carbocycles. The minimum absolute atomic E-state index is 0.0730. The molecule has 0 spiro atoms. The quantitative estimate of drug-likeness (QED) is 0.667. The van der Waals surface area contributed by atoms with Gasteiger partial charge in [0.2, 0.25) is 5.91 Å². The summed E-state index contributed by atoms with van der Waals surface area (Å²) in [5.41, 5.74) is 2.60. The molecule has 2 aromatic rings. The third-order valence-corrected chi connectivity index (χ3v) is 4.39. The molecule has 7 nitrogen and oxygen atoms in total. The van der Waals surface area contributed by atoms with Crippen molar-refractivity contribution in [3.05, 3.63) is 45.6 Å². The average molecular weight is 375 g/mol. The van der Waals surface area contributed by atoms with Gasteiger partial charge in [0.1, 0.15) is 0 Å². The van der Waals surface area contributed by atoms with Gasteiger partial charge in [-0.25, -0.2) is 4.79 Å². The minimum Gasteiger partial charge on any atom is -0.490 e. The van der Waals surface area contributed by atoms with Crippen molar-refractivity contribution in [3.8, 4) is 11.5 Å². The first-order chi connectivity index (χ1) is 13.0. The van der Waals surface area contributed by atoms with Gasteiger partial charge in [-0.1, -0.05) is 6.07 Å². The Hall–Kier alpha value is -2.70. The number of hydrogen-bond acceptors (Lipinski definition) is 4. The van der Waals surface area contributed by atoms with Crippen molar-refractivity contribution in [2.45, 2.75) is 47.1 Å². The van der Waals surface area contributed by atoms with E-state index in [9.17, 15) is 9.59 Å². The average Bonchev–Trinajstić information content (AvgIpc) is 2.87. The Kier molecular flexibility index (Phi) is 7.52. The van der Waals surface area contributed by atoms with Crippen LogP contribution < -0.4 is 20.5 Å². The molecule has 0 saturated carbocycles. The Balaban J connectivity index is 1.84. The van der Waals surface area contributed by atoms with E-state index in [0.29, 0.717) is 32.7 Å². The van der Waals surface area contributed by atoms with Crippen LogP contribution in [0.4, 0.5) is 0 Å². The minimum atomic E-state index is -0.171. The normalized spacial score (nSPS) is 10.7. The molecule has 1 amide bonds. The molecule has 0 radical (unpaired) electrons. The second kappa shape index (κ2) is 9.85. The summed E-state index contributed by atoms with van der Waals surface area (Å²) in [5, 5.41) is 2.90. The van der Waals surface area contributed by atoms with E-state index in [2.05, 4.69) is 10.3 Å². The SMILES string of the molecule is CCOc1ccc(CCNC(=O)CCn2c(C)c(C)[nH]c2=O)cc1OCC. The van der Waals surface area contributed by atoms with Crippen LogP contribution in [0.5, 0.6) is 11.5 Å². The summed E-state index contributed by atoms with van der Waals surface area (Å²) in [5.74, 6) is 1.38. The molecular formula is C20H29N3O4. The number of H-pyrrole nitrogens is 1. The van der Waals surface area contributed by atoms with Crippen LogP contribution in [0.15, 0.2) is 23.0 Å². The molecule has 7 heteroatoms. The van der Waals surface area contributed by atoms with Gasteiger partial charge in [-0.2, -0.15) is 0 Å². The van der Waals surface area contributed by atoms with Crippen LogP contribution in [0, 0.1) is 13.8 Å². The first kappa shape index (κ1) is 20.6. The first-order valence-electron chi connectivity index (χ1n) is 9.37. The summed E-state index contributed by atoms with van der Waals surface area (Å²) in [7, 11) is 0. The number of carbonyl (C=O) groups is 1.